The Labute approximate surface area is 214 Å². The zero-order chi connectivity index (χ0) is 25.5. The van der Waals surface area contributed by atoms with Crippen LogP contribution in [0.4, 0.5) is 10.2 Å². The number of fused-ring (bicyclic) bond motifs is 4. The lowest BCUT2D eigenvalue weighted by Gasteiger charge is -2.35. The number of amides is 2. The van der Waals surface area contributed by atoms with Gasteiger partial charge < -0.3 is 19.9 Å². The summed E-state index contributed by atoms with van der Waals surface area (Å²) >= 11 is 0. The van der Waals surface area contributed by atoms with Crippen LogP contribution in [0.3, 0.4) is 0 Å². The SMILES string of the molecule is CCN1CCNC(=O)COc2ccc(F)cc2C(=O)N2CCCCC2c2cc3nc(C4CC4)cc1n3n2. The molecule has 0 radical (unpaired) electrons. The Bertz CT molecular complexity index is 1350. The van der Waals surface area contributed by atoms with Gasteiger partial charge in [0.2, 0.25) is 0 Å². The van der Waals surface area contributed by atoms with Crippen molar-refractivity contribution in [2.24, 2.45) is 0 Å². The van der Waals surface area contributed by atoms with Crippen LogP contribution < -0.4 is 15.0 Å². The van der Waals surface area contributed by atoms with Gasteiger partial charge in [-0.2, -0.15) is 9.61 Å². The van der Waals surface area contributed by atoms with Crippen molar-refractivity contribution >= 4 is 23.3 Å². The standard InChI is InChI=1S/C27H31FN6O3/c1-2-32-12-10-29-25(35)16-37-23-9-8-18(28)13-19(23)27(36)33-11-4-3-5-22(33)21-14-24-30-20(17-6-7-17)15-26(32)34(24)31-21/h8-9,13-15,17,22H,2-7,10-12,16H2,1H3,(H,29,35). The van der Waals surface area contributed by atoms with Crippen LogP contribution in [0.2, 0.25) is 0 Å². The highest BCUT2D eigenvalue weighted by atomic mass is 19.1. The summed E-state index contributed by atoms with van der Waals surface area (Å²) in [6, 6.07) is 7.68. The van der Waals surface area contributed by atoms with E-state index in [4.69, 9.17) is 14.8 Å². The second-order valence-corrected chi connectivity index (χ2v) is 10.0. The number of halogens is 1. The Balaban J connectivity index is 1.48. The normalized spacial score (nSPS) is 21.0. The van der Waals surface area contributed by atoms with Crippen LogP contribution in [-0.4, -0.2) is 64.1 Å². The summed E-state index contributed by atoms with van der Waals surface area (Å²) in [7, 11) is 0. The van der Waals surface area contributed by atoms with Gasteiger partial charge in [-0.1, -0.05) is 0 Å². The van der Waals surface area contributed by atoms with Crippen LogP contribution in [0.15, 0.2) is 30.3 Å². The van der Waals surface area contributed by atoms with Gasteiger partial charge >= 0.3 is 0 Å². The molecule has 1 aromatic carbocycles. The molecule has 10 heteroatoms. The first-order chi connectivity index (χ1) is 18.0. The fraction of sp³-hybridized carbons (Fsp3) is 0.481. The molecule has 0 spiro atoms. The van der Waals surface area contributed by atoms with Gasteiger partial charge in [-0.15, -0.1) is 0 Å². The molecule has 1 saturated heterocycles. The second-order valence-electron chi connectivity index (χ2n) is 10.0. The maximum absolute atomic E-state index is 14.3. The summed E-state index contributed by atoms with van der Waals surface area (Å²) in [6.45, 7) is 4.09. The molecule has 1 N–H and O–H groups in total. The van der Waals surface area contributed by atoms with Crippen molar-refractivity contribution in [2.45, 2.75) is 51.0 Å². The Hall–Kier alpha value is -3.69. The van der Waals surface area contributed by atoms with E-state index in [-0.39, 0.29) is 35.8 Å². The van der Waals surface area contributed by atoms with Gasteiger partial charge in [-0.05, 0) is 57.2 Å². The smallest absolute Gasteiger partial charge is 0.258 e. The van der Waals surface area contributed by atoms with E-state index in [1.807, 2.05) is 10.6 Å². The molecule has 2 aliphatic heterocycles. The van der Waals surface area contributed by atoms with Gasteiger partial charge in [-0.3, -0.25) is 9.59 Å². The zero-order valence-electron chi connectivity index (χ0n) is 21.0. The fourth-order valence-corrected chi connectivity index (χ4v) is 5.36. The summed E-state index contributed by atoms with van der Waals surface area (Å²) in [6.07, 6.45) is 4.83. The number of nitrogens with zero attached hydrogens (tertiary/aromatic N) is 5. The van der Waals surface area contributed by atoms with Gasteiger partial charge in [0.15, 0.2) is 12.3 Å². The number of rotatable bonds is 2. The zero-order valence-corrected chi connectivity index (χ0v) is 21.0. The van der Waals surface area contributed by atoms with E-state index in [0.29, 0.717) is 25.6 Å². The van der Waals surface area contributed by atoms with Gasteiger partial charge in [0.25, 0.3) is 11.8 Å². The highest BCUT2D eigenvalue weighted by Gasteiger charge is 2.34. The molecular formula is C27H31FN6O3. The number of hydrogen-bond donors (Lipinski definition) is 1. The van der Waals surface area contributed by atoms with Crippen LogP contribution in [0.5, 0.6) is 5.75 Å². The van der Waals surface area contributed by atoms with E-state index in [1.165, 1.54) is 18.2 Å². The summed E-state index contributed by atoms with van der Waals surface area (Å²) in [5.41, 5.74) is 2.71. The minimum absolute atomic E-state index is 0.113. The number of carbonyl (C=O) groups is 2. The number of benzene rings is 1. The minimum atomic E-state index is -0.531. The molecule has 1 atom stereocenters. The topological polar surface area (TPSA) is 92.1 Å². The molecule has 6 rings (SSSR count). The van der Waals surface area contributed by atoms with Crippen LogP contribution in [0.1, 0.15) is 72.7 Å². The molecule has 4 heterocycles. The van der Waals surface area contributed by atoms with Crippen LogP contribution in [0.25, 0.3) is 5.65 Å². The largest absolute Gasteiger partial charge is 0.483 e. The van der Waals surface area contributed by atoms with Gasteiger partial charge in [0, 0.05) is 49.9 Å². The summed E-state index contributed by atoms with van der Waals surface area (Å²) in [5, 5.41) is 7.86. The van der Waals surface area contributed by atoms with Gasteiger partial charge in [0.1, 0.15) is 17.4 Å². The molecule has 3 aromatic rings. The number of aromatic nitrogens is 3. The molecule has 1 saturated carbocycles. The average Bonchev–Trinajstić information content (AvgIpc) is 3.67. The molecule has 9 nitrogen and oxygen atoms in total. The van der Waals surface area contributed by atoms with E-state index in [1.54, 1.807) is 4.90 Å². The number of piperidine rings is 1. The molecule has 1 unspecified atom stereocenters. The lowest BCUT2D eigenvalue weighted by atomic mass is 9.98. The van der Waals surface area contributed by atoms with Crippen molar-refractivity contribution in [2.75, 3.05) is 37.7 Å². The maximum Gasteiger partial charge on any atom is 0.258 e. The highest BCUT2D eigenvalue weighted by molar-refractivity contribution is 5.97. The predicted octanol–water partition coefficient (Wildman–Crippen LogP) is 3.45. The lowest BCUT2D eigenvalue weighted by Crippen LogP contribution is -2.40. The Morgan fingerprint density at radius 1 is 1.08 bits per heavy atom. The van der Waals surface area contributed by atoms with Crippen molar-refractivity contribution in [1.29, 1.82) is 0 Å². The van der Waals surface area contributed by atoms with E-state index in [0.717, 1.165) is 61.5 Å². The van der Waals surface area contributed by atoms with E-state index in [9.17, 15) is 14.0 Å². The molecular weight excluding hydrogens is 475 g/mol. The van der Waals surface area contributed by atoms with Crippen molar-refractivity contribution in [3.63, 3.8) is 0 Å². The third kappa shape index (κ3) is 4.60. The first-order valence-electron chi connectivity index (χ1n) is 13.2. The van der Waals surface area contributed by atoms with E-state index in [2.05, 4.69) is 23.2 Å². The molecule has 2 fully saturated rings. The lowest BCUT2D eigenvalue weighted by molar-refractivity contribution is -0.123. The summed E-state index contributed by atoms with van der Waals surface area (Å²) in [4.78, 5) is 35.2. The average molecular weight is 507 g/mol. The first-order valence-corrected chi connectivity index (χ1v) is 13.2. The van der Waals surface area contributed by atoms with Crippen molar-refractivity contribution < 1.29 is 18.7 Å². The molecule has 2 aromatic heterocycles. The quantitative estimate of drug-likeness (QED) is 0.573. The van der Waals surface area contributed by atoms with Gasteiger partial charge in [0.05, 0.1) is 17.3 Å². The third-order valence-electron chi connectivity index (χ3n) is 7.49. The number of anilines is 1. The monoisotopic (exact) mass is 506 g/mol. The van der Waals surface area contributed by atoms with Crippen molar-refractivity contribution in [1.82, 2.24) is 24.8 Å². The molecule has 37 heavy (non-hydrogen) atoms. The fourth-order valence-electron chi connectivity index (χ4n) is 5.36. The highest BCUT2D eigenvalue weighted by Crippen LogP contribution is 2.41. The molecule has 3 aliphatic rings. The Morgan fingerprint density at radius 3 is 2.76 bits per heavy atom. The van der Waals surface area contributed by atoms with Crippen molar-refractivity contribution in [3.8, 4) is 5.75 Å². The van der Waals surface area contributed by atoms with Gasteiger partial charge in [-0.25, -0.2) is 9.37 Å². The van der Waals surface area contributed by atoms with Crippen LogP contribution in [0, 0.1) is 5.82 Å². The summed E-state index contributed by atoms with van der Waals surface area (Å²) in [5.74, 6) is 0.427. The molecule has 194 valence electrons. The van der Waals surface area contributed by atoms with E-state index < -0.39 is 5.82 Å². The van der Waals surface area contributed by atoms with Crippen LogP contribution in [-0.2, 0) is 4.79 Å². The third-order valence-corrected chi connectivity index (χ3v) is 7.49. The molecule has 1 aliphatic carbocycles. The number of nitrogens with one attached hydrogen (secondary N) is 1. The summed E-state index contributed by atoms with van der Waals surface area (Å²) < 4.78 is 21.8. The number of ether oxygens (including phenoxy) is 1. The molecule has 2 bridgehead atoms. The van der Waals surface area contributed by atoms with E-state index >= 15 is 0 Å². The molecule has 2 amide bonds. The van der Waals surface area contributed by atoms with Crippen LogP contribution >= 0.6 is 0 Å². The predicted molar refractivity (Wildman–Crippen MR) is 135 cm³/mol. The number of carbonyl (C=O) groups excluding carboxylic acids is 2. The minimum Gasteiger partial charge on any atom is -0.483 e. The Kier molecular flexibility index (Phi) is 6.18. The van der Waals surface area contributed by atoms with Crippen molar-refractivity contribution in [3.05, 3.63) is 53.1 Å². The number of likely N-dealkylation sites (N-methyl/N-ethyl adjacent to an activating group) is 1. The second kappa shape index (κ2) is 9.64. The first kappa shape index (κ1) is 23.7. The number of hydrogen-bond acceptors (Lipinski definition) is 6. The Morgan fingerprint density at radius 2 is 1.95 bits per heavy atom. The maximum atomic E-state index is 14.3.